The number of hydrogen-bond acceptors (Lipinski definition) is 3. The summed E-state index contributed by atoms with van der Waals surface area (Å²) >= 11 is 0. The summed E-state index contributed by atoms with van der Waals surface area (Å²) in [6.45, 7) is 19.7. The van der Waals surface area contributed by atoms with Crippen molar-refractivity contribution >= 4 is 8.32 Å². The number of benzene rings is 1. The normalized spacial score (nSPS) is 15.3. The molecule has 1 aromatic rings. The molecular weight excluding hydrogens is 412 g/mol. The second kappa shape index (κ2) is 14.8. The number of allylic oxidation sites excluding steroid dienone is 2. The summed E-state index contributed by atoms with van der Waals surface area (Å²) in [6.07, 6.45) is 8.45. The Bertz CT molecular complexity index is 657. The van der Waals surface area contributed by atoms with Crippen LogP contribution in [0.4, 0.5) is 0 Å². The Hall–Kier alpha value is -1.20. The van der Waals surface area contributed by atoms with E-state index in [1.807, 2.05) is 18.2 Å². The molecule has 32 heavy (non-hydrogen) atoms. The molecule has 2 atom stereocenters. The Balaban J connectivity index is 2.75. The maximum absolute atomic E-state index is 9.64. The number of aliphatic hydroxyl groups is 1. The van der Waals surface area contributed by atoms with Crippen LogP contribution in [0.5, 0.6) is 0 Å². The van der Waals surface area contributed by atoms with Crippen molar-refractivity contribution in [3.63, 3.8) is 0 Å². The number of rotatable bonds is 15. The smallest absolute Gasteiger partial charge is 0.200 e. The van der Waals surface area contributed by atoms with Crippen LogP contribution in [0.15, 0.2) is 54.1 Å². The number of aliphatic hydroxyl groups excluding tert-OH is 1. The molecule has 0 radical (unpaired) electrons. The van der Waals surface area contributed by atoms with Gasteiger partial charge in [-0.05, 0) is 47.9 Å². The lowest BCUT2D eigenvalue weighted by atomic mass is 10.0. The molecule has 3 nitrogen and oxygen atoms in total. The maximum atomic E-state index is 9.64. The highest BCUT2D eigenvalue weighted by atomic mass is 28.4. The molecule has 0 fully saturated rings. The van der Waals surface area contributed by atoms with Crippen LogP contribution < -0.4 is 0 Å². The number of hydrogen-bond donors (Lipinski definition) is 1. The summed E-state index contributed by atoms with van der Waals surface area (Å²) in [7, 11) is -1.96. The lowest BCUT2D eigenvalue weighted by Gasteiger charge is -2.45. The molecule has 0 amide bonds. The average Bonchev–Trinajstić information content (AvgIpc) is 2.74. The van der Waals surface area contributed by atoms with Crippen molar-refractivity contribution in [2.45, 2.75) is 97.6 Å². The first kappa shape index (κ1) is 28.8. The van der Waals surface area contributed by atoms with E-state index in [0.29, 0.717) is 29.8 Å². The first-order chi connectivity index (χ1) is 15.1. The SMILES string of the molecule is CC(/C=C/C[C@H](C[C@@H](C)CO)O[Si](C(C)C)(C(C)C)C(C)C)=C\COCc1ccccc1. The molecule has 0 unspecified atom stereocenters. The fourth-order valence-electron chi connectivity index (χ4n) is 4.83. The highest BCUT2D eigenvalue weighted by Crippen LogP contribution is 2.43. The van der Waals surface area contributed by atoms with Gasteiger partial charge in [0.15, 0.2) is 0 Å². The van der Waals surface area contributed by atoms with Crippen LogP contribution in [0.1, 0.15) is 73.8 Å². The van der Waals surface area contributed by atoms with Crippen LogP contribution in [-0.2, 0) is 15.8 Å². The Kier molecular flexibility index (Phi) is 13.4. The lowest BCUT2D eigenvalue weighted by Crippen LogP contribution is -2.50. The summed E-state index contributed by atoms with van der Waals surface area (Å²) in [6, 6.07) is 10.3. The average molecular weight is 461 g/mol. The van der Waals surface area contributed by atoms with Gasteiger partial charge in [-0.1, -0.05) is 103 Å². The minimum atomic E-state index is -1.96. The van der Waals surface area contributed by atoms with E-state index in [4.69, 9.17) is 9.16 Å². The highest BCUT2D eigenvalue weighted by molar-refractivity contribution is 6.77. The van der Waals surface area contributed by atoms with Gasteiger partial charge in [-0.2, -0.15) is 0 Å². The standard InChI is InChI=1S/C28H48O3Si/c1-22(2)32(23(3)4,24(5)6)31-28(19-26(8)20-29)16-12-13-25(7)17-18-30-21-27-14-10-9-11-15-27/h9-15,17,22-24,26,28-29H,16,18-21H2,1-8H3/b13-12+,25-17+/t26-,28-/m1/s1. The minimum absolute atomic E-state index is 0.148. The molecule has 0 saturated heterocycles. The van der Waals surface area contributed by atoms with Crippen molar-refractivity contribution in [3.05, 3.63) is 59.7 Å². The van der Waals surface area contributed by atoms with Crippen molar-refractivity contribution in [2.24, 2.45) is 5.92 Å². The first-order valence-corrected chi connectivity index (χ1v) is 14.5. The van der Waals surface area contributed by atoms with Gasteiger partial charge < -0.3 is 14.3 Å². The molecule has 0 aliphatic rings. The van der Waals surface area contributed by atoms with Crippen LogP contribution in [0, 0.1) is 5.92 Å². The molecular formula is C28H48O3Si. The Morgan fingerprint density at radius 3 is 2.09 bits per heavy atom. The fourth-order valence-corrected chi connectivity index (χ4v) is 10.4. The van der Waals surface area contributed by atoms with Gasteiger partial charge in [0.2, 0.25) is 8.32 Å². The van der Waals surface area contributed by atoms with Crippen molar-refractivity contribution in [3.8, 4) is 0 Å². The Morgan fingerprint density at radius 1 is 0.969 bits per heavy atom. The summed E-state index contributed by atoms with van der Waals surface area (Å²) in [4.78, 5) is 0. The van der Waals surface area contributed by atoms with E-state index in [-0.39, 0.29) is 18.6 Å². The maximum Gasteiger partial charge on any atom is 0.200 e. The monoisotopic (exact) mass is 460 g/mol. The Labute approximate surface area is 199 Å². The van der Waals surface area contributed by atoms with Crippen LogP contribution >= 0.6 is 0 Å². The molecule has 0 heterocycles. The highest BCUT2D eigenvalue weighted by Gasteiger charge is 2.46. The summed E-state index contributed by atoms with van der Waals surface area (Å²) in [5.74, 6) is 0.245. The molecule has 1 N–H and O–H groups in total. The van der Waals surface area contributed by atoms with E-state index in [2.05, 4.69) is 85.8 Å². The largest absolute Gasteiger partial charge is 0.413 e. The van der Waals surface area contributed by atoms with Crippen molar-refractivity contribution in [2.75, 3.05) is 13.2 Å². The van der Waals surface area contributed by atoms with E-state index in [0.717, 1.165) is 12.8 Å². The van der Waals surface area contributed by atoms with Gasteiger partial charge in [-0.25, -0.2) is 0 Å². The molecule has 182 valence electrons. The summed E-state index contributed by atoms with van der Waals surface area (Å²) < 4.78 is 12.8. The first-order valence-electron chi connectivity index (χ1n) is 12.4. The van der Waals surface area contributed by atoms with Gasteiger partial charge >= 0.3 is 0 Å². The van der Waals surface area contributed by atoms with Crippen molar-refractivity contribution in [1.29, 1.82) is 0 Å². The van der Waals surface area contributed by atoms with Gasteiger partial charge in [-0.3, -0.25) is 0 Å². The predicted octanol–water partition coefficient (Wildman–Crippen LogP) is 7.68. The number of ether oxygens (including phenoxy) is 1. The van der Waals surface area contributed by atoms with Gasteiger partial charge in [0, 0.05) is 12.7 Å². The van der Waals surface area contributed by atoms with Crippen LogP contribution in [0.2, 0.25) is 16.6 Å². The van der Waals surface area contributed by atoms with E-state index >= 15 is 0 Å². The Morgan fingerprint density at radius 2 is 1.56 bits per heavy atom. The zero-order valence-electron chi connectivity index (χ0n) is 21.8. The molecule has 0 aliphatic carbocycles. The van der Waals surface area contributed by atoms with Crippen molar-refractivity contribution in [1.82, 2.24) is 0 Å². The predicted molar refractivity (Wildman–Crippen MR) is 140 cm³/mol. The lowest BCUT2D eigenvalue weighted by molar-refractivity contribution is 0.126. The molecule has 0 aliphatic heterocycles. The molecule has 0 saturated carbocycles. The van der Waals surface area contributed by atoms with E-state index in [1.54, 1.807) is 0 Å². The fraction of sp³-hybridized carbons (Fsp3) is 0.643. The second-order valence-electron chi connectivity index (χ2n) is 10.2. The molecule has 1 aromatic carbocycles. The molecule has 1 rings (SSSR count). The van der Waals surface area contributed by atoms with Crippen LogP contribution in [-0.4, -0.2) is 32.7 Å². The van der Waals surface area contributed by atoms with E-state index < -0.39 is 8.32 Å². The summed E-state index contributed by atoms with van der Waals surface area (Å²) in [5.41, 5.74) is 4.07. The van der Waals surface area contributed by atoms with E-state index in [1.165, 1.54) is 11.1 Å². The quantitative estimate of drug-likeness (QED) is 0.166. The van der Waals surface area contributed by atoms with Crippen molar-refractivity contribution < 1.29 is 14.3 Å². The van der Waals surface area contributed by atoms with Crippen LogP contribution in [0.25, 0.3) is 0 Å². The zero-order chi connectivity index (χ0) is 24.1. The molecule has 0 bridgehead atoms. The third kappa shape index (κ3) is 9.34. The molecule has 0 spiro atoms. The van der Waals surface area contributed by atoms with Gasteiger partial charge in [0.1, 0.15) is 0 Å². The van der Waals surface area contributed by atoms with Crippen LogP contribution in [0.3, 0.4) is 0 Å². The van der Waals surface area contributed by atoms with Gasteiger partial charge in [-0.15, -0.1) is 0 Å². The third-order valence-corrected chi connectivity index (χ3v) is 12.6. The van der Waals surface area contributed by atoms with Gasteiger partial charge in [0.25, 0.3) is 0 Å². The topological polar surface area (TPSA) is 38.7 Å². The molecule has 0 aromatic heterocycles. The van der Waals surface area contributed by atoms with Gasteiger partial charge in [0.05, 0.1) is 13.2 Å². The third-order valence-electron chi connectivity index (χ3n) is 6.47. The zero-order valence-corrected chi connectivity index (χ0v) is 22.8. The second-order valence-corrected chi connectivity index (χ2v) is 15.6. The van der Waals surface area contributed by atoms with E-state index in [9.17, 15) is 5.11 Å². The summed E-state index contributed by atoms with van der Waals surface area (Å²) in [5, 5.41) is 9.64. The minimum Gasteiger partial charge on any atom is -0.413 e. The molecule has 4 heteroatoms.